The molecule has 0 aliphatic rings. The molecule has 0 aliphatic carbocycles. The second kappa shape index (κ2) is 9.82. The van der Waals surface area contributed by atoms with Crippen molar-refractivity contribution in [3.63, 3.8) is 0 Å². The van der Waals surface area contributed by atoms with Crippen LogP contribution in [0.1, 0.15) is 29.8 Å². The third-order valence-corrected chi connectivity index (χ3v) is 4.71. The standard InChI is InChI=1S/C21H24N2O2S/c1-4-23(5-2)21(25)17-7-6-8-18(15-17)22-20(24)14-11-16-9-12-19(26-3)13-10-16/h6-15H,4-5H2,1-3H3,(H,22,24)/b14-11+. The van der Waals surface area contributed by atoms with Gasteiger partial charge in [0, 0.05) is 35.3 Å². The predicted octanol–water partition coefficient (Wildman–Crippen LogP) is 4.54. The maximum absolute atomic E-state index is 12.4. The van der Waals surface area contributed by atoms with E-state index in [1.165, 1.54) is 11.0 Å². The van der Waals surface area contributed by atoms with Gasteiger partial charge in [0.15, 0.2) is 0 Å². The molecule has 0 radical (unpaired) electrons. The van der Waals surface area contributed by atoms with Gasteiger partial charge in [0.1, 0.15) is 0 Å². The number of nitrogens with one attached hydrogen (secondary N) is 1. The van der Waals surface area contributed by atoms with E-state index >= 15 is 0 Å². The molecule has 0 saturated heterocycles. The molecule has 0 spiro atoms. The Morgan fingerprint density at radius 2 is 1.77 bits per heavy atom. The molecule has 2 aromatic carbocycles. The van der Waals surface area contributed by atoms with Crippen LogP contribution in [0.25, 0.3) is 6.08 Å². The minimum absolute atomic E-state index is 0.0319. The highest BCUT2D eigenvalue weighted by Gasteiger charge is 2.12. The first-order valence-corrected chi connectivity index (χ1v) is 9.82. The second-order valence-corrected chi connectivity index (χ2v) is 6.53. The first-order valence-electron chi connectivity index (χ1n) is 8.59. The highest BCUT2D eigenvalue weighted by Crippen LogP contribution is 2.16. The summed E-state index contributed by atoms with van der Waals surface area (Å²) in [5, 5.41) is 2.80. The van der Waals surface area contributed by atoms with Crippen LogP contribution in [0.15, 0.2) is 59.5 Å². The maximum atomic E-state index is 12.4. The normalized spacial score (nSPS) is 10.7. The minimum atomic E-state index is -0.230. The molecule has 4 nitrogen and oxygen atoms in total. The van der Waals surface area contributed by atoms with Crippen molar-refractivity contribution in [1.82, 2.24) is 4.90 Å². The van der Waals surface area contributed by atoms with Crippen LogP contribution in [0.5, 0.6) is 0 Å². The molecule has 0 fully saturated rings. The number of amides is 2. The van der Waals surface area contributed by atoms with Gasteiger partial charge in [-0.15, -0.1) is 11.8 Å². The fourth-order valence-electron chi connectivity index (χ4n) is 2.49. The van der Waals surface area contributed by atoms with Crippen LogP contribution in [-0.2, 0) is 4.79 Å². The van der Waals surface area contributed by atoms with E-state index in [9.17, 15) is 9.59 Å². The Labute approximate surface area is 159 Å². The highest BCUT2D eigenvalue weighted by molar-refractivity contribution is 7.98. The van der Waals surface area contributed by atoms with Crippen molar-refractivity contribution in [2.45, 2.75) is 18.7 Å². The average Bonchev–Trinajstić information content (AvgIpc) is 2.68. The summed E-state index contributed by atoms with van der Waals surface area (Å²) in [5.41, 5.74) is 2.14. The molecule has 26 heavy (non-hydrogen) atoms. The summed E-state index contributed by atoms with van der Waals surface area (Å²) in [7, 11) is 0. The van der Waals surface area contributed by atoms with Gasteiger partial charge in [-0.05, 0) is 62.1 Å². The lowest BCUT2D eigenvalue weighted by Gasteiger charge is -2.18. The fourth-order valence-corrected chi connectivity index (χ4v) is 2.90. The molecule has 0 heterocycles. The summed E-state index contributed by atoms with van der Waals surface area (Å²) in [6.07, 6.45) is 5.29. The van der Waals surface area contributed by atoms with Crippen LogP contribution in [0.3, 0.4) is 0 Å². The zero-order chi connectivity index (χ0) is 18.9. The second-order valence-electron chi connectivity index (χ2n) is 5.65. The lowest BCUT2D eigenvalue weighted by molar-refractivity contribution is -0.111. The molecular formula is C21H24N2O2S. The smallest absolute Gasteiger partial charge is 0.253 e. The Morgan fingerprint density at radius 1 is 1.08 bits per heavy atom. The van der Waals surface area contributed by atoms with Gasteiger partial charge in [-0.1, -0.05) is 18.2 Å². The Bertz CT molecular complexity index is 781. The molecule has 1 N–H and O–H groups in total. The van der Waals surface area contributed by atoms with Crippen LogP contribution in [0.2, 0.25) is 0 Å². The minimum Gasteiger partial charge on any atom is -0.339 e. The third kappa shape index (κ3) is 5.49. The molecule has 0 atom stereocenters. The van der Waals surface area contributed by atoms with Gasteiger partial charge in [-0.3, -0.25) is 9.59 Å². The average molecular weight is 369 g/mol. The molecule has 0 aliphatic heterocycles. The summed E-state index contributed by atoms with van der Waals surface area (Å²) >= 11 is 1.68. The number of rotatable bonds is 7. The number of carbonyl (C=O) groups is 2. The van der Waals surface area contributed by atoms with Crippen LogP contribution < -0.4 is 5.32 Å². The highest BCUT2D eigenvalue weighted by atomic mass is 32.2. The van der Waals surface area contributed by atoms with Crippen molar-refractivity contribution < 1.29 is 9.59 Å². The Morgan fingerprint density at radius 3 is 2.38 bits per heavy atom. The number of carbonyl (C=O) groups excluding carboxylic acids is 2. The number of thioether (sulfide) groups is 1. The van der Waals surface area contributed by atoms with Crippen molar-refractivity contribution in [3.05, 3.63) is 65.7 Å². The summed E-state index contributed by atoms with van der Waals surface area (Å²) < 4.78 is 0. The quantitative estimate of drug-likeness (QED) is 0.576. The monoisotopic (exact) mass is 368 g/mol. The molecule has 0 aromatic heterocycles. The lowest BCUT2D eigenvalue weighted by atomic mass is 10.1. The summed E-state index contributed by atoms with van der Waals surface area (Å²) in [5.74, 6) is -0.262. The molecule has 2 rings (SSSR count). The molecule has 136 valence electrons. The molecule has 0 saturated carbocycles. The van der Waals surface area contributed by atoms with E-state index < -0.39 is 0 Å². The van der Waals surface area contributed by atoms with Crippen molar-refractivity contribution in [2.24, 2.45) is 0 Å². The molecule has 0 unspecified atom stereocenters. The van der Waals surface area contributed by atoms with Crippen LogP contribution >= 0.6 is 11.8 Å². The topological polar surface area (TPSA) is 49.4 Å². The Hall–Kier alpha value is -2.53. The van der Waals surface area contributed by atoms with Gasteiger partial charge in [0.2, 0.25) is 5.91 Å². The van der Waals surface area contributed by atoms with Gasteiger partial charge < -0.3 is 10.2 Å². The molecular weight excluding hydrogens is 344 g/mol. The van der Waals surface area contributed by atoms with Gasteiger partial charge in [0.25, 0.3) is 5.91 Å². The van der Waals surface area contributed by atoms with Crippen molar-refractivity contribution in [2.75, 3.05) is 24.7 Å². The number of hydrogen-bond acceptors (Lipinski definition) is 3. The number of anilines is 1. The van der Waals surface area contributed by atoms with Crippen molar-refractivity contribution in [3.8, 4) is 0 Å². The first-order chi connectivity index (χ1) is 12.6. The van der Waals surface area contributed by atoms with Gasteiger partial charge in [-0.25, -0.2) is 0 Å². The van der Waals surface area contributed by atoms with Gasteiger partial charge >= 0.3 is 0 Å². The SMILES string of the molecule is CCN(CC)C(=O)c1cccc(NC(=O)/C=C/c2ccc(SC)cc2)c1. The van der Waals surface area contributed by atoms with E-state index in [4.69, 9.17) is 0 Å². The van der Waals surface area contributed by atoms with Crippen LogP contribution in [0.4, 0.5) is 5.69 Å². The molecule has 0 bridgehead atoms. The first kappa shape index (κ1) is 19.8. The number of hydrogen-bond donors (Lipinski definition) is 1. The Kier molecular flexibility index (Phi) is 7.48. The maximum Gasteiger partial charge on any atom is 0.253 e. The summed E-state index contributed by atoms with van der Waals surface area (Å²) in [4.78, 5) is 27.5. The zero-order valence-corrected chi connectivity index (χ0v) is 16.2. The zero-order valence-electron chi connectivity index (χ0n) is 15.4. The van der Waals surface area contributed by atoms with E-state index in [1.54, 1.807) is 47.0 Å². The molecule has 5 heteroatoms. The molecule has 2 aromatic rings. The van der Waals surface area contributed by atoms with E-state index in [0.29, 0.717) is 24.3 Å². The molecule has 2 amide bonds. The Balaban J connectivity index is 2.03. The van der Waals surface area contributed by atoms with Crippen molar-refractivity contribution in [1.29, 1.82) is 0 Å². The largest absolute Gasteiger partial charge is 0.339 e. The number of benzene rings is 2. The van der Waals surface area contributed by atoms with E-state index in [0.717, 1.165) is 5.56 Å². The van der Waals surface area contributed by atoms with Crippen LogP contribution in [-0.4, -0.2) is 36.1 Å². The third-order valence-electron chi connectivity index (χ3n) is 3.97. The fraction of sp³-hybridized carbons (Fsp3) is 0.238. The predicted molar refractivity (Wildman–Crippen MR) is 110 cm³/mol. The van der Waals surface area contributed by atoms with Gasteiger partial charge in [0.05, 0.1) is 0 Å². The van der Waals surface area contributed by atoms with Crippen molar-refractivity contribution >= 4 is 35.3 Å². The summed E-state index contributed by atoms with van der Waals surface area (Å²) in [6, 6.07) is 15.0. The van der Waals surface area contributed by atoms with E-state index in [-0.39, 0.29) is 11.8 Å². The van der Waals surface area contributed by atoms with E-state index in [1.807, 2.05) is 44.4 Å². The van der Waals surface area contributed by atoms with Crippen LogP contribution in [0, 0.1) is 0 Å². The number of nitrogens with zero attached hydrogens (tertiary/aromatic N) is 1. The lowest BCUT2D eigenvalue weighted by Crippen LogP contribution is -2.30. The summed E-state index contributed by atoms with van der Waals surface area (Å²) in [6.45, 7) is 5.21. The van der Waals surface area contributed by atoms with E-state index in [2.05, 4.69) is 5.32 Å². The van der Waals surface area contributed by atoms with Gasteiger partial charge in [-0.2, -0.15) is 0 Å².